The molecule has 0 radical (unpaired) electrons. The Bertz CT molecular complexity index is 408. The number of rotatable bonds is 1. The van der Waals surface area contributed by atoms with Crippen LogP contribution in [0.4, 0.5) is 0 Å². The topological polar surface area (TPSA) is 39.2 Å². The standard InChI is InChI=1S/C10H12N2O.Li/c1-12-9(4-5-10(12)13)8-3-2-6-11-7-8;/h2-3,5-7,9,13H,4H2,1H3;/q;+1/p-1/i1D3;. The fraction of sp³-hybridized carbons (Fsp3) is 0.300. The smallest absolute Gasteiger partial charge is 0.861 e. The molecule has 0 bridgehead atoms. The van der Waals surface area contributed by atoms with Crippen LogP contribution in [0, 0.1) is 0 Å². The Kier molecular flexibility index (Phi) is 2.40. The number of pyridine rings is 1. The molecule has 1 aliphatic heterocycles. The minimum absolute atomic E-state index is 0. The summed E-state index contributed by atoms with van der Waals surface area (Å²) in [6.45, 7) is -2.40. The first-order chi connectivity index (χ1) is 7.50. The molecule has 0 fully saturated rings. The summed E-state index contributed by atoms with van der Waals surface area (Å²) in [6, 6.07) is 3.09. The van der Waals surface area contributed by atoms with E-state index in [4.69, 9.17) is 4.11 Å². The van der Waals surface area contributed by atoms with Gasteiger partial charge in [0.05, 0.1) is 6.04 Å². The number of nitrogens with zero attached hydrogens (tertiary/aromatic N) is 2. The van der Waals surface area contributed by atoms with E-state index in [1.165, 1.54) is 6.08 Å². The first-order valence-corrected chi connectivity index (χ1v) is 4.06. The van der Waals surface area contributed by atoms with E-state index < -0.39 is 18.9 Å². The summed E-state index contributed by atoms with van der Waals surface area (Å²) in [7, 11) is 0. The molecular weight excluding hydrogens is 171 g/mol. The first kappa shape index (κ1) is 7.39. The molecule has 1 aromatic rings. The van der Waals surface area contributed by atoms with Gasteiger partial charge in [-0.3, -0.25) is 4.98 Å². The van der Waals surface area contributed by atoms with Crippen LogP contribution in [-0.4, -0.2) is 16.9 Å². The van der Waals surface area contributed by atoms with Crippen molar-refractivity contribution >= 4 is 0 Å². The number of hydrogen-bond acceptors (Lipinski definition) is 3. The van der Waals surface area contributed by atoms with Crippen molar-refractivity contribution < 1.29 is 28.1 Å². The second-order valence-electron chi connectivity index (χ2n) is 2.95. The minimum Gasteiger partial charge on any atom is -0.861 e. The first-order valence-electron chi connectivity index (χ1n) is 5.56. The van der Waals surface area contributed by atoms with Gasteiger partial charge in [-0.15, -0.1) is 0 Å². The maximum atomic E-state index is 11.5. The van der Waals surface area contributed by atoms with E-state index in [-0.39, 0.29) is 18.9 Å². The molecular formula is C10H11LiN2O. The maximum Gasteiger partial charge on any atom is 1.00 e. The molecule has 3 nitrogen and oxygen atoms in total. The SMILES string of the molecule is [2H]C([2H])([2H])N1C([O-])=CCC1c1cccnc1.[Li+]. The van der Waals surface area contributed by atoms with Crippen LogP contribution in [0.2, 0.25) is 0 Å². The van der Waals surface area contributed by atoms with Crippen molar-refractivity contribution in [1.29, 1.82) is 0 Å². The average Bonchev–Trinajstić information content (AvgIpc) is 2.61. The molecule has 0 spiro atoms. The predicted octanol–water partition coefficient (Wildman–Crippen LogP) is -2.34. The third-order valence-electron chi connectivity index (χ3n) is 2.13. The van der Waals surface area contributed by atoms with E-state index in [2.05, 4.69) is 4.98 Å². The molecule has 2 rings (SSSR count). The molecule has 0 aromatic carbocycles. The molecule has 1 aromatic heterocycles. The van der Waals surface area contributed by atoms with E-state index in [9.17, 15) is 5.11 Å². The van der Waals surface area contributed by atoms with Crippen molar-refractivity contribution in [3.63, 3.8) is 0 Å². The van der Waals surface area contributed by atoms with Gasteiger partial charge in [0, 0.05) is 23.5 Å². The van der Waals surface area contributed by atoms with Crippen LogP contribution >= 0.6 is 0 Å². The van der Waals surface area contributed by atoms with Crippen LogP contribution in [0.25, 0.3) is 0 Å². The Hall–Kier alpha value is -0.913. The van der Waals surface area contributed by atoms with Gasteiger partial charge >= 0.3 is 18.9 Å². The average molecular weight is 185 g/mol. The molecule has 1 aliphatic rings. The molecule has 0 N–H and O–H groups in total. The van der Waals surface area contributed by atoms with E-state index >= 15 is 0 Å². The monoisotopic (exact) mass is 185 g/mol. The van der Waals surface area contributed by atoms with Crippen molar-refractivity contribution in [3.8, 4) is 0 Å². The van der Waals surface area contributed by atoms with Gasteiger partial charge in [-0.05, 0) is 23.9 Å². The van der Waals surface area contributed by atoms with Crippen LogP contribution in [-0.2, 0) is 0 Å². The summed E-state index contributed by atoms with van der Waals surface area (Å²) < 4.78 is 22.0. The van der Waals surface area contributed by atoms with Crippen molar-refractivity contribution in [1.82, 2.24) is 9.88 Å². The minimum atomic E-state index is -2.40. The summed E-state index contributed by atoms with van der Waals surface area (Å²) in [5.74, 6) is -0.436. The van der Waals surface area contributed by atoms with Gasteiger partial charge in [-0.1, -0.05) is 12.1 Å². The van der Waals surface area contributed by atoms with Crippen molar-refractivity contribution in [2.24, 2.45) is 0 Å². The second kappa shape index (κ2) is 4.54. The molecule has 0 amide bonds. The van der Waals surface area contributed by atoms with Gasteiger partial charge in [-0.25, -0.2) is 0 Å². The van der Waals surface area contributed by atoms with Crippen molar-refractivity contribution in [3.05, 3.63) is 42.0 Å². The van der Waals surface area contributed by atoms with Crippen LogP contribution in [0.15, 0.2) is 36.5 Å². The van der Waals surface area contributed by atoms with Crippen LogP contribution < -0.4 is 24.0 Å². The molecule has 14 heavy (non-hydrogen) atoms. The van der Waals surface area contributed by atoms with Crippen molar-refractivity contribution in [2.75, 3.05) is 6.98 Å². The second-order valence-corrected chi connectivity index (χ2v) is 2.95. The van der Waals surface area contributed by atoms with Gasteiger partial charge in [0.2, 0.25) is 0 Å². The number of hydrogen-bond donors (Lipinski definition) is 0. The molecule has 0 saturated heterocycles. The molecule has 0 aliphatic carbocycles. The summed E-state index contributed by atoms with van der Waals surface area (Å²) in [5, 5.41) is 11.5. The molecule has 2 heterocycles. The summed E-state index contributed by atoms with van der Waals surface area (Å²) in [4.78, 5) is 4.87. The van der Waals surface area contributed by atoms with Crippen LogP contribution in [0.5, 0.6) is 0 Å². The Balaban J connectivity index is 0.00000144. The fourth-order valence-electron chi connectivity index (χ4n) is 1.43. The van der Waals surface area contributed by atoms with E-state index in [1.807, 2.05) is 0 Å². The van der Waals surface area contributed by atoms with Gasteiger partial charge in [0.25, 0.3) is 0 Å². The predicted molar refractivity (Wildman–Crippen MR) is 47.4 cm³/mol. The van der Waals surface area contributed by atoms with E-state index in [0.29, 0.717) is 6.42 Å². The molecule has 4 heteroatoms. The zero-order valence-electron chi connectivity index (χ0n) is 11.0. The normalized spacial score (nSPS) is 24.3. The maximum absolute atomic E-state index is 11.5. The van der Waals surface area contributed by atoms with E-state index in [1.54, 1.807) is 24.5 Å². The Morgan fingerprint density at radius 3 is 3.21 bits per heavy atom. The Morgan fingerprint density at radius 1 is 1.71 bits per heavy atom. The van der Waals surface area contributed by atoms with Crippen LogP contribution in [0.1, 0.15) is 22.1 Å². The van der Waals surface area contributed by atoms with Gasteiger partial charge in [0.1, 0.15) is 0 Å². The third-order valence-corrected chi connectivity index (χ3v) is 2.13. The summed E-state index contributed by atoms with van der Waals surface area (Å²) in [6.07, 6.45) is 5.03. The molecule has 68 valence electrons. The molecule has 1 atom stereocenters. The van der Waals surface area contributed by atoms with Crippen LogP contribution in [0.3, 0.4) is 0 Å². The largest absolute Gasteiger partial charge is 1.00 e. The molecule has 1 unspecified atom stereocenters. The Labute approximate surface area is 99.8 Å². The quantitative estimate of drug-likeness (QED) is 0.460. The van der Waals surface area contributed by atoms with E-state index in [0.717, 1.165) is 10.5 Å². The third kappa shape index (κ3) is 1.94. The zero-order valence-corrected chi connectivity index (χ0v) is 7.97. The summed E-state index contributed by atoms with van der Waals surface area (Å²) in [5.41, 5.74) is 0.751. The van der Waals surface area contributed by atoms with Gasteiger partial charge < -0.3 is 10.0 Å². The zero-order chi connectivity index (χ0) is 11.8. The summed E-state index contributed by atoms with van der Waals surface area (Å²) >= 11 is 0. The molecule has 0 saturated carbocycles. The van der Waals surface area contributed by atoms with Gasteiger partial charge in [-0.2, -0.15) is 0 Å². The number of aromatic nitrogens is 1. The van der Waals surface area contributed by atoms with Crippen molar-refractivity contribution in [2.45, 2.75) is 12.5 Å². The van der Waals surface area contributed by atoms with Gasteiger partial charge in [0.15, 0.2) is 0 Å². The fourth-order valence-corrected chi connectivity index (χ4v) is 1.43. The Morgan fingerprint density at radius 2 is 2.57 bits per heavy atom.